The number of rotatable bonds is 5. The van der Waals surface area contributed by atoms with Gasteiger partial charge in [-0.3, -0.25) is 0 Å². The minimum atomic E-state index is -0.926. The quantitative estimate of drug-likeness (QED) is 0.877. The Balaban J connectivity index is 2.12. The number of halogens is 1. The number of nitrogens with one attached hydrogen (secondary N) is 1. The summed E-state index contributed by atoms with van der Waals surface area (Å²) in [5.74, 6) is -0.926. The van der Waals surface area contributed by atoms with Gasteiger partial charge < -0.3 is 15.2 Å². The van der Waals surface area contributed by atoms with E-state index in [0.29, 0.717) is 12.2 Å². The number of carboxylic acid groups (broad SMARTS) is 1. The topological polar surface area (TPSA) is 58.6 Å². The molecule has 0 aromatic heterocycles. The van der Waals surface area contributed by atoms with Gasteiger partial charge in [0.25, 0.3) is 0 Å². The van der Waals surface area contributed by atoms with Crippen LogP contribution in [0.5, 0.6) is 0 Å². The fraction of sp³-hybridized carbons (Fsp3) is 0.462. The number of carbonyl (C=O) groups is 1. The smallest absolute Gasteiger partial charge is 0.337 e. The molecule has 0 bridgehead atoms. The maximum absolute atomic E-state index is 11.1. The molecule has 1 aromatic carbocycles. The lowest BCUT2D eigenvalue weighted by Crippen LogP contribution is -2.45. The second kappa shape index (κ2) is 5.28. The van der Waals surface area contributed by atoms with E-state index in [9.17, 15) is 4.79 Å². The second-order valence-electron chi connectivity index (χ2n) is 4.59. The molecular weight excluding hydrogens is 298 g/mol. The zero-order valence-corrected chi connectivity index (χ0v) is 11.8. The lowest BCUT2D eigenvalue weighted by atomic mass is 9.80. The lowest BCUT2D eigenvalue weighted by Gasteiger charge is -2.40. The minimum absolute atomic E-state index is 0.127. The van der Waals surface area contributed by atoms with Crippen molar-refractivity contribution >= 4 is 27.6 Å². The lowest BCUT2D eigenvalue weighted by molar-refractivity contribution is -0.0601. The summed E-state index contributed by atoms with van der Waals surface area (Å²) < 4.78 is 6.36. The van der Waals surface area contributed by atoms with Gasteiger partial charge in [-0.2, -0.15) is 0 Å². The van der Waals surface area contributed by atoms with E-state index in [-0.39, 0.29) is 11.2 Å². The van der Waals surface area contributed by atoms with E-state index in [2.05, 4.69) is 21.2 Å². The first-order valence-electron chi connectivity index (χ1n) is 5.88. The summed E-state index contributed by atoms with van der Waals surface area (Å²) in [7, 11) is 1.71. The second-order valence-corrected chi connectivity index (χ2v) is 5.50. The Bertz CT molecular complexity index is 452. The van der Waals surface area contributed by atoms with Crippen molar-refractivity contribution in [1.29, 1.82) is 0 Å². The maximum atomic E-state index is 11.1. The maximum Gasteiger partial charge on any atom is 0.337 e. The van der Waals surface area contributed by atoms with Crippen LogP contribution in [0.3, 0.4) is 0 Å². The Morgan fingerprint density at radius 1 is 1.56 bits per heavy atom. The Kier molecular flexibility index (Phi) is 3.92. The van der Waals surface area contributed by atoms with Gasteiger partial charge in [0.15, 0.2) is 0 Å². The van der Waals surface area contributed by atoms with Gasteiger partial charge in [-0.15, -0.1) is 0 Å². The highest BCUT2D eigenvalue weighted by Gasteiger charge is 2.36. The van der Waals surface area contributed by atoms with E-state index in [1.807, 2.05) is 0 Å². The molecule has 1 fully saturated rings. The summed E-state index contributed by atoms with van der Waals surface area (Å²) in [5.41, 5.74) is 0.780. The molecule has 0 unspecified atom stereocenters. The van der Waals surface area contributed by atoms with E-state index in [1.54, 1.807) is 25.3 Å². The Labute approximate surface area is 114 Å². The zero-order valence-electron chi connectivity index (χ0n) is 10.2. The molecule has 0 saturated heterocycles. The molecule has 2 rings (SSSR count). The number of anilines is 1. The van der Waals surface area contributed by atoms with Crippen LogP contribution in [0, 0.1) is 0 Å². The van der Waals surface area contributed by atoms with Crippen LogP contribution in [0.1, 0.15) is 29.6 Å². The van der Waals surface area contributed by atoms with Gasteiger partial charge >= 0.3 is 5.97 Å². The standard InChI is InChI=1S/C13H16BrNO3/c1-18-13(5-2-6-13)8-15-11-7-9(14)3-4-10(11)12(16)17/h3-4,7,15H,2,5-6,8H2,1H3,(H,16,17). The van der Waals surface area contributed by atoms with Crippen molar-refractivity contribution in [2.45, 2.75) is 24.9 Å². The number of methoxy groups -OCH3 is 1. The van der Waals surface area contributed by atoms with Crippen molar-refractivity contribution in [1.82, 2.24) is 0 Å². The highest BCUT2D eigenvalue weighted by atomic mass is 79.9. The first-order valence-corrected chi connectivity index (χ1v) is 6.67. The van der Waals surface area contributed by atoms with Gasteiger partial charge in [0.1, 0.15) is 0 Å². The van der Waals surface area contributed by atoms with E-state index >= 15 is 0 Å². The molecule has 1 aliphatic carbocycles. The van der Waals surface area contributed by atoms with Crippen LogP contribution in [-0.2, 0) is 4.74 Å². The van der Waals surface area contributed by atoms with Crippen LogP contribution in [0.4, 0.5) is 5.69 Å². The van der Waals surface area contributed by atoms with Crippen molar-refractivity contribution in [3.63, 3.8) is 0 Å². The Hall–Kier alpha value is -1.07. The molecule has 18 heavy (non-hydrogen) atoms. The van der Waals surface area contributed by atoms with Crippen LogP contribution in [0.15, 0.2) is 22.7 Å². The zero-order chi connectivity index (χ0) is 13.2. The van der Waals surface area contributed by atoms with E-state index in [4.69, 9.17) is 9.84 Å². The van der Waals surface area contributed by atoms with Gasteiger partial charge in [0, 0.05) is 23.8 Å². The fourth-order valence-corrected chi connectivity index (χ4v) is 2.49. The van der Waals surface area contributed by atoms with Gasteiger partial charge in [0.2, 0.25) is 0 Å². The third-order valence-electron chi connectivity index (χ3n) is 3.51. The van der Waals surface area contributed by atoms with Gasteiger partial charge in [-0.05, 0) is 37.5 Å². The molecule has 1 saturated carbocycles. The molecule has 98 valence electrons. The summed E-state index contributed by atoms with van der Waals surface area (Å²) in [6.07, 6.45) is 3.21. The molecule has 2 N–H and O–H groups in total. The van der Waals surface area contributed by atoms with E-state index in [1.165, 1.54) is 6.42 Å². The number of hydrogen-bond donors (Lipinski definition) is 2. The van der Waals surface area contributed by atoms with Crippen molar-refractivity contribution in [2.24, 2.45) is 0 Å². The molecule has 0 aliphatic heterocycles. The summed E-state index contributed by atoms with van der Waals surface area (Å²) in [4.78, 5) is 11.1. The van der Waals surface area contributed by atoms with E-state index < -0.39 is 5.97 Å². The third kappa shape index (κ3) is 2.67. The van der Waals surface area contributed by atoms with Crippen LogP contribution < -0.4 is 5.32 Å². The average molecular weight is 314 g/mol. The summed E-state index contributed by atoms with van der Waals surface area (Å²) >= 11 is 3.35. The van der Waals surface area contributed by atoms with Crippen LogP contribution in [0.2, 0.25) is 0 Å². The van der Waals surface area contributed by atoms with E-state index in [0.717, 1.165) is 17.3 Å². The molecule has 4 nitrogen and oxygen atoms in total. The molecule has 0 heterocycles. The number of benzene rings is 1. The van der Waals surface area contributed by atoms with Crippen molar-refractivity contribution in [3.05, 3.63) is 28.2 Å². The van der Waals surface area contributed by atoms with Crippen LogP contribution in [0.25, 0.3) is 0 Å². The average Bonchev–Trinajstić information content (AvgIpc) is 2.28. The highest BCUT2D eigenvalue weighted by Crippen LogP contribution is 2.35. The molecule has 0 atom stereocenters. The Morgan fingerprint density at radius 3 is 2.78 bits per heavy atom. The van der Waals surface area contributed by atoms with Crippen molar-refractivity contribution < 1.29 is 14.6 Å². The predicted octanol–water partition coefficient (Wildman–Crippen LogP) is 3.13. The van der Waals surface area contributed by atoms with Crippen molar-refractivity contribution in [3.8, 4) is 0 Å². The monoisotopic (exact) mass is 313 g/mol. The van der Waals surface area contributed by atoms with Gasteiger partial charge in [0.05, 0.1) is 11.2 Å². The molecule has 0 amide bonds. The number of carboxylic acids is 1. The number of ether oxygens (including phenoxy) is 1. The summed E-state index contributed by atoms with van der Waals surface area (Å²) in [6, 6.07) is 5.10. The predicted molar refractivity (Wildman–Crippen MR) is 73.2 cm³/mol. The normalized spacial score (nSPS) is 17.0. The van der Waals surface area contributed by atoms with Crippen LogP contribution >= 0.6 is 15.9 Å². The van der Waals surface area contributed by atoms with Gasteiger partial charge in [-0.1, -0.05) is 15.9 Å². The molecule has 1 aliphatic rings. The summed E-state index contributed by atoms with van der Waals surface area (Å²) in [5, 5.41) is 12.3. The minimum Gasteiger partial charge on any atom is -0.478 e. The molecule has 0 radical (unpaired) electrons. The Morgan fingerprint density at radius 2 is 2.28 bits per heavy atom. The highest BCUT2D eigenvalue weighted by molar-refractivity contribution is 9.10. The van der Waals surface area contributed by atoms with Crippen molar-refractivity contribution in [2.75, 3.05) is 19.0 Å². The molecule has 1 aromatic rings. The number of hydrogen-bond acceptors (Lipinski definition) is 3. The molecule has 5 heteroatoms. The summed E-state index contributed by atoms with van der Waals surface area (Å²) in [6.45, 7) is 0.639. The van der Waals surface area contributed by atoms with Crippen LogP contribution in [-0.4, -0.2) is 30.3 Å². The third-order valence-corrected chi connectivity index (χ3v) is 4.00. The largest absolute Gasteiger partial charge is 0.478 e. The fourth-order valence-electron chi connectivity index (χ4n) is 2.13. The SMILES string of the molecule is COC1(CNc2cc(Br)ccc2C(=O)O)CCC1. The molecular formula is C13H16BrNO3. The first kappa shape index (κ1) is 13.4. The van der Waals surface area contributed by atoms with Gasteiger partial charge in [-0.25, -0.2) is 4.79 Å². The first-order chi connectivity index (χ1) is 8.56. The number of aromatic carboxylic acids is 1. The molecule has 0 spiro atoms.